The molecule has 2 aromatic rings. The Morgan fingerprint density at radius 3 is 1.17 bits per heavy atom. The van der Waals surface area contributed by atoms with Crippen molar-refractivity contribution in [2.75, 3.05) is 0 Å². The van der Waals surface area contributed by atoms with E-state index >= 15 is 0 Å². The number of hydrogen-bond acceptors (Lipinski definition) is 0. The number of fused-ring (bicyclic) bond motifs is 1. The van der Waals surface area contributed by atoms with Gasteiger partial charge < -0.3 is 0 Å². The predicted molar refractivity (Wildman–Crippen MR) is 113 cm³/mol. The Labute approximate surface area is 143 Å². The molecule has 0 radical (unpaired) electrons. The van der Waals surface area contributed by atoms with Gasteiger partial charge >= 0.3 is 0 Å². The van der Waals surface area contributed by atoms with Gasteiger partial charge in [0.05, 0.1) is 0 Å². The molecular weight excluding hydrogens is 276 g/mol. The standard InChI is InChI=1S/C18H18.2C2H6.CH4/c1-5-13-9-10-15(7-3)18-16(8-4)12-11-14(6-2)17(13)18;2*1-2;/h5-12H,1,3H2,2,4H3;2*1-2H3;1H4/b14-6-,16-8-;;;. The van der Waals surface area contributed by atoms with Crippen LogP contribution in [0.3, 0.4) is 0 Å². The van der Waals surface area contributed by atoms with E-state index in [1.54, 1.807) is 0 Å². The Morgan fingerprint density at radius 1 is 0.652 bits per heavy atom. The SMILES string of the molecule is C.C=Cc1ccc(C=C)c2/c(=C\C)cc/c(=C/C)c12.CC.CC. The summed E-state index contributed by atoms with van der Waals surface area (Å²) in [7, 11) is 0. The molecule has 0 spiro atoms. The Bertz CT molecular complexity index is 666. The smallest absolute Gasteiger partial charge is 0.00304 e. The lowest BCUT2D eigenvalue weighted by Gasteiger charge is -2.08. The second-order valence-corrected chi connectivity index (χ2v) is 4.22. The third kappa shape index (κ3) is 4.96. The molecule has 0 aliphatic rings. The summed E-state index contributed by atoms with van der Waals surface area (Å²) in [6.07, 6.45) is 8.12. The summed E-state index contributed by atoms with van der Waals surface area (Å²) < 4.78 is 0. The van der Waals surface area contributed by atoms with Crippen LogP contribution in [0.25, 0.3) is 35.1 Å². The van der Waals surface area contributed by atoms with E-state index < -0.39 is 0 Å². The zero-order valence-electron chi connectivity index (χ0n) is 15.0. The third-order valence-electron chi connectivity index (χ3n) is 3.35. The Kier molecular flexibility index (Phi) is 12.6. The monoisotopic (exact) mass is 310 g/mol. The van der Waals surface area contributed by atoms with Crippen molar-refractivity contribution in [3.63, 3.8) is 0 Å². The minimum atomic E-state index is 0. The topological polar surface area (TPSA) is 0 Å². The molecule has 0 N–H and O–H groups in total. The molecule has 2 rings (SSSR count). The van der Waals surface area contributed by atoms with E-state index in [1.807, 2.05) is 39.8 Å². The highest BCUT2D eigenvalue weighted by atomic mass is 14.1. The summed E-state index contributed by atoms with van der Waals surface area (Å²) in [5.41, 5.74) is 2.35. The molecule has 0 fully saturated rings. The highest BCUT2D eigenvalue weighted by Crippen LogP contribution is 2.19. The lowest BCUT2D eigenvalue weighted by Crippen LogP contribution is -2.13. The molecule has 0 bridgehead atoms. The molecule has 0 amide bonds. The largest absolute Gasteiger partial charge is 0.0984 e. The maximum Gasteiger partial charge on any atom is -0.00304 e. The Hall–Kier alpha value is -2.08. The van der Waals surface area contributed by atoms with Crippen LogP contribution in [-0.2, 0) is 0 Å². The summed E-state index contributed by atoms with van der Waals surface area (Å²) in [4.78, 5) is 0. The van der Waals surface area contributed by atoms with Gasteiger partial charge in [0.2, 0.25) is 0 Å². The van der Waals surface area contributed by atoms with Gasteiger partial charge in [-0.05, 0) is 46.2 Å². The van der Waals surface area contributed by atoms with Gasteiger partial charge in [-0.1, -0.05) is 96.8 Å². The fraction of sp³-hybridized carbons (Fsp3) is 0.304. The average Bonchev–Trinajstić information content (AvgIpc) is 2.63. The van der Waals surface area contributed by atoms with Crippen LogP contribution in [0.5, 0.6) is 0 Å². The lowest BCUT2D eigenvalue weighted by atomic mass is 9.95. The van der Waals surface area contributed by atoms with Crippen LogP contribution < -0.4 is 10.4 Å². The van der Waals surface area contributed by atoms with E-state index in [9.17, 15) is 0 Å². The molecule has 0 heteroatoms. The average molecular weight is 311 g/mol. The molecule has 0 nitrogen and oxygen atoms in total. The predicted octanol–water partition coefficient (Wildman–Crippen LogP) is 6.42. The van der Waals surface area contributed by atoms with Crippen LogP contribution in [0.1, 0.15) is 60.1 Å². The third-order valence-corrected chi connectivity index (χ3v) is 3.35. The van der Waals surface area contributed by atoms with Crippen LogP contribution in [-0.4, -0.2) is 0 Å². The zero-order valence-corrected chi connectivity index (χ0v) is 15.0. The second kappa shape index (κ2) is 12.5. The lowest BCUT2D eigenvalue weighted by molar-refractivity contribution is 1.50. The minimum absolute atomic E-state index is 0. The van der Waals surface area contributed by atoms with Gasteiger partial charge in [0.25, 0.3) is 0 Å². The first-order chi connectivity index (χ1) is 10.8. The van der Waals surface area contributed by atoms with Crippen LogP contribution in [0.2, 0.25) is 0 Å². The first kappa shape index (κ1) is 23.2. The van der Waals surface area contributed by atoms with E-state index in [0.717, 1.165) is 0 Å². The van der Waals surface area contributed by atoms with Crippen LogP contribution in [0, 0.1) is 0 Å². The van der Waals surface area contributed by atoms with Gasteiger partial charge in [0, 0.05) is 0 Å². The molecule has 0 saturated heterocycles. The maximum absolute atomic E-state index is 3.92. The quantitative estimate of drug-likeness (QED) is 0.601. The zero-order chi connectivity index (χ0) is 17.1. The first-order valence-electron chi connectivity index (χ1n) is 8.20. The fourth-order valence-electron chi connectivity index (χ4n) is 2.42. The number of rotatable bonds is 2. The van der Waals surface area contributed by atoms with Crippen molar-refractivity contribution in [1.82, 2.24) is 0 Å². The van der Waals surface area contributed by atoms with Gasteiger partial charge in [-0.25, -0.2) is 0 Å². The molecule has 2 aromatic carbocycles. The normalized spacial score (nSPS) is 10.7. The molecule has 0 aliphatic carbocycles. The highest BCUT2D eigenvalue weighted by molar-refractivity contribution is 5.97. The van der Waals surface area contributed by atoms with Gasteiger partial charge in [-0.2, -0.15) is 0 Å². The van der Waals surface area contributed by atoms with Crippen molar-refractivity contribution in [2.24, 2.45) is 0 Å². The van der Waals surface area contributed by atoms with Crippen LogP contribution in [0.4, 0.5) is 0 Å². The molecule has 0 saturated carbocycles. The number of benzene rings is 2. The van der Waals surface area contributed by atoms with E-state index in [0.29, 0.717) is 0 Å². The summed E-state index contributed by atoms with van der Waals surface area (Å²) in [6.45, 7) is 20.0. The molecular formula is C23H34. The van der Waals surface area contributed by atoms with Gasteiger partial charge in [-0.15, -0.1) is 0 Å². The first-order valence-corrected chi connectivity index (χ1v) is 8.20. The Balaban J connectivity index is 0. The summed E-state index contributed by atoms with van der Waals surface area (Å²) in [5.74, 6) is 0. The van der Waals surface area contributed by atoms with E-state index in [4.69, 9.17) is 0 Å². The summed E-state index contributed by atoms with van der Waals surface area (Å²) >= 11 is 0. The highest BCUT2D eigenvalue weighted by Gasteiger charge is 2.04. The van der Waals surface area contributed by atoms with E-state index in [2.05, 4.69) is 63.4 Å². The van der Waals surface area contributed by atoms with Gasteiger partial charge in [0.1, 0.15) is 0 Å². The molecule has 0 heterocycles. The van der Waals surface area contributed by atoms with Crippen LogP contribution >= 0.6 is 0 Å². The molecule has 23 heavy (non-hydrogen) atoms. The molecule has 0 aliphatic heterocycles. The molecule has 0 atom stereocenters. The summed E-state index contributed by atoms with van der Waals surface area (Å²) in [5, 5.41) is 5.02. The van der Waals surface area contributed by atoms with E-state index in [-0.39, 0.29) is 7.43 Å². The molecule has 126 valence electrons. The molecule has 0 aromatic heterocycles. The van der Waals surface area contributed by atoms with Crippen molar-refractivity contribution in [1.29, 1.82) is 0 Å². The van der Waals surface area contributed by atoms with Crippen molar-refractivity contribution < 1.29 is 0 Å². The second-order valence-electron chi connectivity index (χ2n) is 4.22. The fourth-order valence-corrected chi connectivity index (χ4v) is 2.42. The van der Waals surface area contributed by atoms with Crippen molar-refractivity contribution in [3.05, 3.63) is 59.0 Å². The van der Waals surface area contributed by atoms with Crippen LogP contribution in [0.15, 0.2) is 37.4 Å². The minimum Gasteiger partial charge on any atom is -0.0984 e. The van der Waals surface area contributed by atoms with Gasteiger partial charge in [-0.3, -0.25) is 0 Å². The van der Waals surface area contributed by atoms with Gasteiger partial charge in [0.15, 0.2) is 0 Å². The number of hydrogen-bond donors (Lipinski definition) is 0. The van der Waals surface area contributed by atoms with E-state index in [1.165, 1.54) is 32.3 Å². The molecule has 0 unspecified atom stereocenters. The maximum atomic E-state index is 3.92. The van der Waals surface area contributed by atoms with Crippen molar-refractivity contribution >= 4 is 35.1 Å². The summed E-state index contributed by atoms with van der Waals surface area (Å²) in [6, 6.07) is 8.55. The Morgan fingerprint density at radius 2 is 0.957 bits per heavy atom. The van der Waals surface area contributed by atoms with Crippen molar-refractivity contribution in [3.8, 4) is 0 Å². The van der Waals surface area contributed by atoms with Crippen molar-refractivity contribution in [2.45, 2.75) is 49.0 Å².